The van der Waals surface area contributed by atoms with Gasteiger partial charge in [-0.3, -0.25) is 4.79 Å². The minimum atomic E-state index is -0.0614. The lowest BCUT2D eigenvalue weighted by Crippen LogP contribution is -2.21. The molecule has 76 valence electrons. The summed E-state index contributed by atoms with van der Waals surface area (Å²) in [5, 5.41) is 5.74. The molecule has 0 unspecified atom stereocenters. The number of aromatic nitrogens is 2. The van der Waals surface area contributed by atoms with Crippen LogP contribution in [0.25, 0.3) is 16.8 Å². The highest BCUT2D eigenvalue weighted by Crippen LogP contribution is 2.17. The fourth-order valence-corrected chi connectivity index (χ4v) is 1.74. The summed E-state index contributed by atoms with van der Waals surface area (Å²) in [6.07, 6.45) is 1.67. The van der Waals surface area contributed by atoms with Gasteiger partial charge in [-0.15, -0.1) is 0 Å². The highest BCUT2D eigenvalue weighted by Gasteiger charge is 2.07. The van der Waals surface area contributed by atoms with Crippen molar-refractivity contribution < 1.29 is 0 Å². The standard InChI is InChI=1S/C12H12N2O/c1-4-10-9-7-5-6-8(2)11(9)12(15)14(3)13-10/h4-7H,1H2,2-3H3. The molecule has 0 N–H and O–H groups in total. The Labute approximate surface area is 87.7 Å². The molecule has 2 aromatic rings. The molecule has 0 spiro atoms. The van der Waals surface area contributed by atoms with Gasteiger partial charge in [-0.1, -0.05) is 24.8 Å². The van der Waals surface area contributed by atoms with Crippen molar-refractivity contribution in [3.8, 4) is 0 Å². The number of aryl methyl sites for hydroxylation is 2. The van der Waals surface area contributed by atoms with Crippen LogP contribution in [0.15, 0.2) is 29.6 Å². The molecular weight excluding hydrogens is 188 g/mol. The number of nitrogens with zero attached hydrogens (tertiary/aromatic N) is 2. The molecule has 1 aromatic carbocycles. The minimum Gasteiger partial charge on any atom is -0.267 e. The van der Waals surface area contributed by atoms with Crippen LogP contribution < -0.4 is 5.56 Å². The maximum absolute atomic E-state index is 11.9. The second-order valence-corrected chi connectivity index (χ2v) is 3.52. The maximum Gasteiger partial charge on any atom is 0.274 e. The summed E-state index contributed by atoms with van der Waals surface area (Å²) in [4.78, 5) is 11.9. The van der Waals surface area contributed by atoms with Crippen LogP contribution in [0.1, 0.15) is 11.3 Å². The van der Waals surface area contributed by atoms with Gasteiger partial charge in [0.2, 0.25) is 0 Å². The van der Waals surface area contributed by atoms with Crippen LogP contribution in [0.3, 0.4) is 0 Å². The average Bonchev–Trinajstić information content (AvgIpc) is 2.23. The van der Waals surface area contributed by atoms with E-state index in [1.165, 1.54) is 4.68 Å². The van der Waals surface area contributed by atoms with E-state index in [4.69, 9.17) is 0 Å². The van der Waals surface area contributed by atoms with E-state index < -0.39 is 0 Å². The van der Waals surface area contributed by atoms with Crippen molar-refractivity contribution in [1.29, 1.82) is 0 Å². The summed E-state index contributed by atoms with van der Waals surface area (Å²) < 4.78 is 1.35. The Hall–Kier alpha value is -1.90. The lowest BCUT2D eigenvalue weighted by molar-refractivity contribution is 0.714. The average molecular weight is 200 g/mol. The molecule has 3 nitrogen and oxygen atoms in total. The quantitative estimate of drug-likeness (QED) is 0.704. The Morgan fingerprint density at radius 3 is 2.87 bits per heavy atom. The first-order valence-electron chi connectivity index (χ1n) is 4.74. The fourth-order valence-electron chi connectivity index (χ4n) is 1.74. The SMILES string of the molecule is C=Cc1nn(C)c(=O)c2c(C)cccc12. The van der Waals surface area contributed by atoms with E-state index in [0.29, 0.717) is 0 Å². The van der Waals surface area contributed by atoms with Gasteiger partial charge in [-0.05, 0) is 18.6 Å². The van der Waals surface area contributed by atoms with Gasteiger partial charge in [0.1, 0.15) is 0 Å². The molecule has 0 fully saturated rings. The molecule has 0 saturated carbocycles. The van der Waals surface area contributed by atoms with Crippen LogP contribution in [0.2, 0.25) is 0 Å². The largest absolute Gasteiger partial charge is 0.274 e. The van der Waals surface area contributed by atoms with Gasteiger partial charge in [0.15, 0.2) is 0 Å². The predicted molar refractivity (Wildman–Crippen MR) is 61.8 cm³/mol. The van der Waals surface area contributed by atoms with Crippen molar-refractivity contribution in [2.45, 2.75) is 6.92 Å². The molecule has 1 heterocycles. The van der Waals surface area contributed by atoms with E-state index in [1.807, 2.05) is 25.1 Å². The highest BCUT2D eigenvalue weighted by atomic mass is 16.1. The van der Waals surface area contributed by atoms with E-state index in [-0.39, 0.29) is 5.56 Å². The third-order valence-corrected chi connectivity index (χ3v) is 2.51. The Morgan fingerprint density at radius 1 is 1.47 bits per heavy atom. The van der Waals surface area contributed by atoms with Gasteiger partial charge in [0.05, 0.1) is 11.1 Å². The second-order valence-electron chi connectivity index (χ2n) is 3.52. The normalized spacial score (nSPS) is 10.5. The predicted octanol–water partition coefficient (Wildman–Crippen LogP) is 1.88. The van der Waals surface area contributed by atoms with E-state index in [0.717, 1.165) is 22.0 Å². The summed E-state index contributed by atoms with van der Waals surface area (Å²) in [6.45, 7) is 5.63. The topological polar surface area (TPSA) is 34.9 Å². The van der Waals surface area contributed by atoms with E-state index >= 15 is 0 Å². The van der Waals surface area contributed by atoms with Crippen molar-refractivity contribution in [3.05, 3.63) is 46.4 Å². The molecule has 0 saturated heterocycles. The van der Waals surface area contributed by atoms with Gasteiger partial charge in [-0.25, -0.2) is 4.68 Å². The van der Waals surface area contributed by atoms with Crippen molar-refractivity contribution in [3.63, 3.8) is 0 Å². The summed E-state index contributed by atoms with van der Waals surface area (Å²) in [5.41, 5.74) is 1.66. The Morgan fingerprint density at radius 2 is 2.20 bits per heavy atom. The van der Waals surface area contributed by atoms with Gasteiger partial charge in [-0.2, -0.15) is 5.10 Å². The molecule has 2 rings (SSSR count). The van der Waals surface area contributed by atoms with Gasteiger partial charge < -0.3 is 0 Å². The molecular formula is C12H12N2O. The first kappa shape index (κ1) is 9.65. The fraction of sp³-hybridized carbons (Fsp3) is 0.167. The lowest BCUT2D eigenvalue weighted by atomic mass is 10.1. The van der Waals surface area contributed by atoms with Crippen molar-refractivity contribution in [2.75, 3.05) is 0 Å². The summed E-state index contributed by atoms with van der Waals surface area (Å²) >= 11 is 0. The second kappa shape index (κ2) is 3.35. The molecule has 0 aliphatic carbocycles. The molecule has 15 heavy (non-hydrogen) atoms. The molecule has 1 aromatic heterocycles. The zero-order valence-electron chi connectivity index (χ0n) is 8.82. The van der Waals surface area contributed by atoms with Crippen LogP contribution >= 0.6 is 0 Å². The Kier molecular flexibility index (Phi) is 2.15. The minimum absolute atomic E-state index is 0.0614. The first-order chi connectivity index (χ1) is 7.15. The molecule has 3 heteroatoms. The zero-order valence-corrected chi connectivity index (χ0v) is 8.82. The van der Waals surface area contributed by atoms with E-state index in [9.17, 15) is 4.79 Å². The molecule has 0 atom stereocenters. The van der Waals surface area contributed by atoms with E-state index in [1.54, 1.807) is 13.1 Å². The molecule has 0 amide bonds. The van der Waals surface area contributed by atoms with Crippen LogP contribution in [-0.2, 0) is 7.05 Å². The van der Waals surface area contributed by atoms with Crippen molar-refractivity contribution >= 4 is 16.8 Å². The number of hydrogen-bond acceptors (Lipinski definition) is 2. The monoisotopic (exact) mass is 200 g/mol. The van der Waals surface area contributed by atoms with Gasteiger partial charge in [0, 0.05) is 12.4 Å². The zero-order chi connectivity index (χ0) is 11.0. The number of benzene rings is 1. The van der Waals surface area contributed by atoms with Gasteiger partial charge >= 0.3 is 0 Å². The number of rotatable bonds is 1. The third kappa shape index (κ3) is 1.36. The number of fused-ring (bicyclic) bond motifs is 1. The van der Waals surface area contributed by atoms with Crippen LogP contribution in [0.4, 0.5) is 0 Å². The third-order valence-electron chi connectivity index (χ3n) is 2.51. The first-order valence-corrected chi connectivity index (χ1v) is 4.74. The van der Waals surface area contributed by atoms with Crippen molar-refractivity contribution in [1.82, 2.24) is 9.78 Å². The molecule has 0 bridgehead atoms. The summed E-state index contributed by atoms with van der Waals surface area (Å²) in [5.74, 6) is 0. The number of hydrogen-bond donors (Lipinski definition) is 0. The molecule has 0 radical (unpaired) electrons. The van der Waals surface area contributed by atoms with Crippen LogP contribution in [-0.4, -0.2) is 9.78 Å². The summed E-state index contributed by atoms with van der Waals surface area (Å²) in [7, 11) is 1.65. The summed E-state index contributed by atoms with van der Waals surface area (Å²) in [6, 6.07) is 5.75. The smallest absolute Gasteiger partial charge is 0.267 e. The maximum atomic E-state index is 11.9. The van der Waals surface area contributed by atoms with E-state index in [2.05, 4.69) is 11.7 Å². The lowest BCUT2D eigenvalue weighted by Gasteiger charge is -2.06. The highest BCUT2D eigenvalue weighted by molar-refractivity contribution is 5.90. The van der Waals surface area contributed by atoms with Crippen LogP contribution in [0, 0.1) is 6.92 Å². The molecule has 0 aliphatic heterocycles. The Balaban J connectivity index is 3.10. The van der Waals surface area contributed by atoms with Crippen LogP contribution in [0.5, 0.6) is 0 Å². The molecule has 0 aliphatic rings. The van der Waals surface area contributed by atoms with Gasteiger partial charge in [0.25, 0.3) is 5.56 Å². The Bertz CT molecular complexity index is 596. The van der Waals surface area contributed by atoms with Crippen molar-refractivity contribution in [2.24, 2.45) is 7.05 Å².